The van der Waals surface area contributed by atoms with Gasteiger partial charge in [0, 0.05) is 23.7 Å². The van der Waals surface area contributed by atoms with Gasteiger partial charge in [0.2, 0.25) is 0 Å². The molecule has 0 fully saturated rings. The minimum absolute atomic E-state index is 0.912. The number of anilines is 1. The van der Waals surface area contributed by atoms with E-state index in [-0.39, 0.29) is 0 Å². The maximum Gasteiger partial charge on any atom is 0.0496 e. The molecule has 1 aromatic carbocycles. The van der Waals surface area contributed by atoms with Crippen LogP contribution in [0, 0.1) is 6.92 Å². The predicted octanol–water partition coefficient (Wildman–Crippen LogP) is 3.73. The fraction of sp³-hybridized carbons (Fsp3) is 0.333. The first-order valence-electron chi connectivity index (χ1n) is 6.15. The van der Waals surface area contributed by atoms with E-state index in [0.717, 1.165) is 13.1 Å². The first-order chi connectivity index (χ1) is 8.65. The summed E-state index contributed by atoms with van der Waals surface area (Å²) >= 11 is 1.81. The van der Waals surface area contributed by atoms with Crippen LogP contribution in [0.25, 0.3) is 0 Å². The van der Waals surface area contributed by atoms with E-state index < -0.39 is 0 Å². The van der Waals surface area contributed by atoms with Gasteiger partial charge in [0.05, 0.1) is 0 Å². The van der Waals surface area contributed by atoms with E-state index in [1.54, 1.807) is 0 Å². The lowest BCUT2D eigenvalue weighted by Gasteiger charge is -2.12. The number of hydrogen-bond acceptors (Lipinski definition) is 3. The molecule has 0 spiro atoms. The minimum Gasteiger partial charge on any atom is -0.380 e. The van der Waals surface area contributed by atoms with Crippen LogP contribution < -0.4 is 5.32 Å². The van der Waals surface area contributed by atoms with Crippen molar-refractivity contribution in [3.8, 4) is 0 Å². The van der Waals surface area contributed by atoms with Gasteiger partial charge in [-0.1, -0.05) is 12.1 Å². The summed E-state index contributed by atoms with van der Waals surface area (Å²) in [4.78, 5) is 3.59. The molecule has 2 nitrogen and oxygen atoms in total. The molecule has 0 radical (unpaired) electrons. The maximum absolute atomic E-state index is 3.49. The highest BCUT2D eigenvalue weighted by Crippen LogP contribution is 2.18. The van der Waals surface area contributed by atoms with E-state index in [0.29, 0.717) is 0 Å². The van der Waals surface area contributed by atoms with Crippen molar-refractivity contribution in [1.29, 1.82) is 0 Å². The van der Waals surface area contributed by atoms with Crippen LogP contribution in [0.4, 0.5) is 5.69 Å². The summed E-state index contributed by atoms with van der Waals surface area (Å²) in [6.07, 6.45) is 0. The molecule has 2 aromatic rings. The van der Waals surface area contributed by atoms with Gasteiger partial charge in [-0.25, -0.2) is 0 Å². The summed E-state index contributed by atoms with van der Waals surface area (Å²) in [6, 6.07) is 10.8. The molecule has 1 aromatic heterocycles. The SMILES string of the molecule is Cc1ccsc1CNc1cccc(CN(C)C)c1. The Kier molecular flexibility index (Phi) is 4.39. The highest BCUT2D eigenvalue weighted by molar-refractivity contribution is 7.10. The molecule has 0 aliphatic rings. The largest absolute Gasteiger partial charge is 0.380 e. The monoisotopic (exact) mass is 260 g/mol. The molecule has 0 aliphatic heterocycles. The topological polar surface area (TPSA) is 15.3 Å². The van der Waals surface area contributed by atoms with E-state index in [1.807, 2.05) is 11.3 Å². The van der Waals surface area contributed by atoms with Crippen molar-refractivity contribution in [3.63, 3.8) is 0 Å². The van der Waals surface area contributed by atoms with Gasteiger partial charge in [-0.3, -0.25) is 0 Å². The first kappa shape index (κ1) is 13.1. The first-order valence-corrected chi connectivity index (χ1v) is 7.03. The lowest BCUT2D eigenvalue weighted by Crippen LogP contribution is -2.10. The average Bonchev–Trinajstić information content (AvgIpc) is 2.72. The Bertz CT molecular complexity index is 503. The summed E-state index contributed by atoms with van der Waals surface area (Å²) in [6.45, 7) is 4.05. The highest BCUT2D eigenvalue weighted by atomic mass is 32.1. The molecule has 96 valence electrons. The highest BCUT2D eigenvalue weighted by Gasteiger charge is 2.01. The maximum atomic E-state index is 3.49. The van der Waals surface area contributed by atoms with Gasteiger partial charge in [-0.2, -0.15) is 0 Å². The van der Waals surface area contributed by atoms with Gasteiger partial charge in [0.25, 0.3) is 0 Å². The lowest BCUT2D eigenvalue weighted by atomic mass is 10.2. The van der Waals surface area contributed by atoms with Crippen LogP contribution in [0.2, 0.25) is 0 Å². The van der Waals surface area contributed by atoms with E-state index in [4.69, 9.17) is 0 Å². The van der Waals surface area contributed by atoms with Crippen LogP contribution in [0.15, 0.2) is 35.7 Å². The van der Waals surface area contributed by atoms with Gasteiger partial charge in [-0.15, -0.1) is 11.3 Å². The zero-order chi connectivity index (χ0) is 13.0. The number of aryl methyl sites for hydroxylation is 1. The summed E-state index contributed by atoms with van der Waals surface area (Å²) < 4.78 is 0. The van der Waals surface area contributed by atoms with E-state index in [1.165, 1.54) is 21.7 Å². The smallest absolute Gasteiger partial charge is 0.0496 e. The third-order valence-corrected chi connectivity index (χ3v) is 3.87. The molecule has 0 saturated carbocycles. The third kappa shape index (κ3) is 3.59. The van der Waals surface area contributed by atoms with Gasteiger partial charge in [0.15, 0.2) is 0 Å². The summed E-state index contributed by atoms with van der Waals surface area (Å²) in [5, 5.41) is 5.64. The molecular weight excluding hydrogens is 240 g/mol. The zero-order valence-corrected chi connectivity index (χ0v) is 12.1. The number of hydrogen-bond donors (Lipinski definition) is 1. The molecule has 18 heavy (non-hydrogen) atoms. The van der Waals surface area contributed by atoms with Crippen molar-refractivity contribution in [1.82, 2.24) is 4.90 Å². The molecule has 0 atom stereocenters. The molecule has 0 aliphatic carbocycles. The zero-order valence-electron chi connectivity index (χ0n) is 11.2. The van der Waals surface area contributed by atoms with Crippen molar-refractivity contribution >= 4 is 17.0 Å². The van der Waals surface area contributed by atoms with Gasteiger partial charge in [-0.05, 0) is 55.7 Å². The molecule has 1 heterocycles. The quantitative estimate of drug-likeness (QED) is 0.881. The fourth-order valence-electron chi connectivity index (χ4n) is 1.91. The molecule has 0 amide bonds. The van der Waals surface area contributed by atoms with Crippen molar-refractivity contribution in [2.24, 2.45) is 0 Å². The average molecular weight is 260 g/mol. The second kappa shape index (κ2) is 6.03. The van der Waals surface area contributed by atoms with Crippen molar-refractivity contribution in [3.05, 3.63) is 51.7 Å². The van der Waals surface area contributed by atoms with Crippen LogP contribution in [-0.2, 0) is 13.1 Å². The van der Waals surface area contributed by atoms with E-state index in [2.05, 4.69) is 66.9 Å². The normalized spacial score (nSPS) is 10.9. The molecule has 3 heteroatoms. The van der Waals surface area contributed by atoms with E-state index >= 15 is 0 Å². The van der Waals surface area contributed by atoms with Crippen molar-refractivity contribution in [2.75, 3.05) is 19.4 Å². The van der Waals surface area contributed by atoms with Gasteiger partial charge in [0.1, 0.15) is 0 Å². The minimum atomic E-state index is 0.912. The predicted molar refractivity (Wildman–Crippen MR) is 80.2 cm³/mol. The number of nitrogens with one attached hydrogen (secondary N) is 1. The number of benzene rings is 1. The van der Waals surface area contributed by atoms with E-state index in [9.17, 15) is 0 Å². The summed E-state index contributed by atoms with van der Waals surface area (Å²) in [5.41, 5.74) is 3.91. The number of rotatable bonds is 5. The Morgan fingerprint density at radius 1 is 1.22 bits per heavy atom. The summed E-state index contributed by atoms with van der Waals surface area (Å²) in [5.74, 6) is 0. The molecular formula is C15H20N2S. The second-order valence-electron chi connectivity index (χ2n) is 4.82. The van der Waals surface area contributed by atoms with Crippen molar-refractivity contribution in [2.45, 2.75) is 20.0 Å². The van der Waals surface area contributed by atoms with Crippen LogP contribution in [-0.4, -0.2) is 19.0 Å². The van der Waals surface area contributed by atoms with Crippen LogP contribution >= 0.6 is 11.3 Å². The Hall–Kier alpha value is -1.32. The molecule has 0 bridgehead atoms. The molecule has 0 saturated heterocycles. The Morgan fingerprint density at radius 3 is 2.72 bits per heavy atom. The Balaban J connectivity index is 1.99. The summed E-state index contributed by atoms with van der Waals surface area (Å²) in [7, 11) is 4.18. The second-order valence-corrected chi connectivity index (χ2v) is 5.82. The third-order valence-electron chi connectivity index (χ3n) is 2.85. The number of thiophene rings is 1. The molecule has 2 rings (SSSR count). The van der Waals surface area contributed by atoms with Crippen molar-refractivity contribution < 1.29 is 0 Å². The Morgan fingerprint density at radius 2 is 2.06 bits per heavy atom. The van der Waals surface area contributed by atoms with Crippen LogP contribution in [0.5, 0.6) is 0 Å². The molecule has 0 unspecified atom stereocenters. The number of nitrogens with zero attached hydrogens (tertiary/aromatic N) is 1. The van der Waals surface area contributed by atoms with Gasteiger partial charge >= 0.3 is 0 Å². The van der Waals surface area contributed by atoms with Crippen LogP contribution in [0.3, 0.4) is 0 Å². The van der Waals surface area contributed by atoms with Gasteiger partial charge < -0.3 is 10.2 Å². The molecule has 1 N–H and O–H groups in total. The fourth-order valence-corrected chi connectivity index (χ4v) is 2.76. The lowest BCUT2D eigenvalue weighted by molar-refractivity contribution is 0.402. The standard InChI is InChI=1S/C15H20N2S/c1-12-7-8-18-15(12)10-16-14-6-4-5-13(9-14)11-17(2)3/h4-9,16H,10-11H2,1-3H3. The Labute approximate surface area is 113 Å². The van der Waals surface area contributed by atoms with Crippen LogP contribution in [0.1, 0.15) is 16.0 Å².